The summed E-state index contributed by atoms with van der Waals surface area (Å²) in [6, 6.07) is 7.73. The van der Waals surface area contributed by atoms with Gasteiger partial charge in [0.05, 0.1) is 17.0 Å². The minimum absolute atomic E-state index is 0.161. The summed E-state index contributed by atoms with van der Waals surface area (Å²) in [5, 5.41) is 13.1. The van der Waals surface area contributed by atoms with Gasteiger partial charge in [-0.2, -0.15) is 9.57 Å². The van der Waals surface area contributed by atoms with Crippen molar-refractivity contribution in [1.29, 1.82) is 5.26 Å². The Bertz CT molecular complexity index is 1170. The van der Waals surface area contributed by atoms with E-state index in [1.807, 2.05) is 30.9 Å². The lowest BCUT2D eigenvalue weighted by atomic mass is 9.96. The van der Waals surface area contributed by atoms with E-state index >= 15 is 0 Å². The number of benzene rings is 1. The number of nitriles is 1. The molecule has 170 valence electrons. The molecule has 0 spiro atoms. The molecule has 0 saturated carbocycles. The molecule has 1 aliphatic carbocycles. The maximum absolute atomic E-state index is 13.1. The third kappa shape index (κ3) is 4.59. The average molecular weight is 473 g/mol. The van der Waals surface area contributed by atoms with Gasteiger partial charge >= 0.3 is 0 Å². The Kier molecular flexibility index (Phi) is 6.67. The highest BCUT2D eigenvalue weighted by Gasteiger charge is 2.30. The van der Waals surface area contributed by atoms with Crippen molar-refractivity contribution < 1.29 is 13.2 Å². The van der Waals surface area contributed by atoms with Crippen LogP contribution in [-0.4, -0.2) is 56.3 Å². The van der Waals surface area contributed by atoms with Crippen molar-refractivity contribution in [2.24, 2.45) is 0 Å². The molecule has 2 aromatic rings. The number of carbonyl (C=O) groups is 1. The molecule has 4 rings (SSSR count). The normalized spacial score (nSPS) is 17.5. The predicted molar refractivity (Wildman–Crippen MR) is 125 cm³/mol. The summed E-state index contributed by atoms with van der Waals surface area (Å²) in [4.78, 5) is 16.2. The Labute approximate surface area is 193 Å². The number of nitrogens with zero attached hydrogens (tertiary/aromatic N) is 3. The Balaban J connectivity index is 1.36. The highest BCUT2D eigenvalue weighted by Crippen LogP contribution is 2.37. The quantitative estimate of drug-likeness (QED) is 0.722. The van der Waals surface area contributed by atoms with Gasteiger partial charge in [-0.15, -0.1) is 11.3 Å². The number of anilines is 1. The number of hydrogen-bond acceptors (Lipinski definition) is 6. The van der Waals surface area contributed by atoms with Crippen molar-refractivity contribution in [3.8, 4) is 6.07 Å². The van der Waals surface area contributed by atoms with Crippen LogP contribution in [0.15, 0.2) is 23.1 Å². The largest absolute Gasteiger partial charge is 0.315 e. The third-order valence-electron chi connectivity index (χ3n) is 6.20. The lowest BCUT2D eigenvalue weighted by molar-refractivity contribution is -0.117. The number of hydrogen-bond donors (Lipinski definition) is 1. The molecule has 0 radical (unpaired) electrons. The van der Waals surface area contributed by atoms with Gasteiger partial charge in [0.25, 0.3) is 0 Å². The van der Waals surface area contributed by atoms with Gasteiger partial charge in [0.2, 0.25) is 15.9 Å². The number of amides is 1. The van der Waals surface area contributed by atoms with E-state index in [1.54, 1.807) is 6.07 Å². The molecule has 1 aromatic carbocycles. The number of fused-ring (bicyclic) bond motifs is 1. The van der Waals surface area contributed by atoms with Crippen molar-refractivity contribution in [2.75, 3.05) is 38.0 Å². The van der Waals surface area contributed by atoms with Crippen LogP contribution in [0.3, 0.4) is 0 Å². The number of carbonyl (C=O) groups excluding carboxylic acids is 1. The molecule has 0 bridgehead atoms. The second kappa shape index (κ2) is 9.32. The smallest absolute Gasteiger partial charge is 0.243 e. The standard InChI is InChI=1S/C23H28N4O3S2/c1-16-7-8-17(2)21(13-16)32(29,30)27-11-9-26(10-12-27)15-22(28)25-23-19(14-24)18-5-3-4-6-20(18)31-23/h7-8,13H,3-6,9-12,15H2,1-2H3,(H,25,28). The van der Waals surface area contributed by atoms with Crippen molar-refractivity contribution in [3.63, 3.8) is 0 Å². The molecule has 2 aliphatic rings. The lowest BCUT2D eigenvalue weighted by Crippen LogP contribution is -2.50. The number of rotatable bonds is 5. The zero-order valence-corrected chi connectivity index (χ0v) is 20.1. The number of aryl methyl sites for hydroxylation is 3. The van der Waals surface area contributed by atoms with Crippen LogP contribution in [0.25, 0.3) is 0 Å². The summed E-state index contributed by atoms with van der Waals surface area (Å²) in [5.41, 5.74) is 3.37. The van der Waals surface area contributed by atoms with E-state index in [9.17, 15) is 18.5 Å². The molecule has 1 aliphatic heterocycles. The molecule has 1 fully saturated rings. The molecule has 1 N–H and O–H groups in total. The number of thiophene rings is 1. The van der Waals surface area contributed by atoms with E-state index in [4.69, 9.17) is 0 Å². The fourth-order valence-electron chi connectivity index (χ4n) is 4.39. The second-order valence-electron chi connectivity index (χ2n) is 8.52. The summed E-state index contributed by atoms with van der Waals surface area (Å²) in [6.07, 6.45) is 4.09. The van der Waals surface area contributed by atoms with Gasteiger partial charge in [0, 0.05) is 31.1 Å². The Morgan fingerprint density at radius 2 is 1.88 bits per heavy atom. The fourth-order valence-corrected chi connectivity index (χ4v) is 7.38. The Morgan fingerprint density at radius 3 is 2.59 bits per heavy atom. The monoisotopic (exact) mass is 472 g/mol. The molecule has 0 unspecified atom stereocenters. The molecular formula is C23H28N4O3S2. The number of piperazine rings is 1. The van der Waals surface area contributed by atoms with E-state index in [1.165, 1.54) is 20.5 Å². The molecule has 0 atom stereocenters. The lowest BCUT2D eigenvalue weighted by Gasteiger charge is -2.33. The first kappa shape index (κ1) is 22.9. The van der Waals surface area contributed by atoms with E-state index in [0.29, 0.717) is 41.6 Å². The van der Waals surface area contributed by atoms with E-state index < -0.39 is 10.0 Å². The first-order valence-corrected chi connectivity index (χ1v) is 13.2. The minimum atomic E-state index is -3.55. The van der Waals surface area contributed by atoms with Crippen molar-refractivity contribution in [1.82, 2.24) is 9.21 Å². The number of sulfonamides is 1. The third-order valence-corrected chi connectivity index (χ3v) is 9.44. The second-order valence-corrected chi connectivity index (χ2v) is 11.5. The summed E-state index contributed by atoms with van der Waals surface area (Å²) in [5.74, 6) is -0.161. The fraction of sp³-hybridized carbons (Fsp3) is 0.478. The molecule has 1 amide bonds. The minimum Gasteiger partial charge on any atom is -0.315 e. The molecular weight excluding hydrogens is 444 g/mol. The molecule has 2 heterocycles. The Morgan fingerprint density at radius 1 is 1.16 bits per heavy atom. The van der Waals surface area contributed by atoms with Gasteiger partial charge in [-0.3, -0.25) is 9.69 Å². The SMILES string of the molecule is Cc1ccc(C)c(S(=O)(=O)N2CCN(CC(=O)Nc3sc4c(c3C#N)CCCC4)CC2)c1. The topological polar surface area (TPSA) is 93.5 Å². The molecule has 7 nitrogen and oxygen atoms in total. The van der Waals surface area contributed by atoms with E-state index in [2.05, 4.69) is 11.4 Å². The maximum atomic E-state index is 13.1. The number of nitrogens with one attached hydrogen (secondary N) is 1. The maximum Gasteiger partial charge on any atom is 0.243 e. The van der Waals surface area contributed by atoms with Crippen LogP contribution in [-0.2, 0) is 27.7 Å². The average Bonchev–Trinajstić information content (AvgIpc) is 3.12. The van der Waals surface area contributed by atoms with Crippen LogP contribution in [0.1, 0.15) is 40.0 Å². The Hall–Kier alpha value is -2.25. The van der Waals surface area contributed by atoms with E-state index in [0.717, 1.165) is 42.4 Å². The summed E-state index contributed by atoms with van der Waals surface area (Å²) in [7, 11) is -3.55. The van der Waals surface area contributed by atoms with Gasteiger partial charge < -0.3 is 5.32 Å². The summed E-state index contributed by atoms with van der Waals surface area (Å²) < 4.78 is 27.7. The van der Waals surface area contributed by atoms with Crippen molar-refractivity contribution in [2.45, 2.75) is 44.4 Å². The van der Waals surface area contributed by atoms with Gasteiger partial charge in [0.1, 0.15) is 11.1 Å². The molecule has 32 heavy (non-hydrogen) atoms. The zero-order chi connectivity index (χ0) is 22.9. The predicted octanol–water partition coefficient (Wildman–Crippen LogP) is 3.06. The molecule has 1 aromatic heterocycles. The first-order valence-electron chi connectivity index (χ1n) is 10.9. The molecule has 9 heteroatoms. The van der Waals surface area contributed by atoms with Crippen LogP contribution in [0.5, 0.6) is 0 Å². The van der Waals surface area contributed by atoms with Crippen LogP contribution in [0.4, 0.5) is 5.00 Å². The highest BCUT2D eigenvalue weighted by atomic mass is 32.2. The van der Waals surface area contributed by atoms with Crippen LogP contribution in [0.2, 0.25) is 0 Å². The van der Waals surface area contributed by atoms with Crippen molar-refractivity contribution in [3.05, 3.63) is 45.3 Å². The first-order chi connectivity index (χ1) is 15.3. The van der Waals surface area contributed by atoms with Crippen LogP contribution >= 0.6 is 11.3 Å². The van der Waals surface area contributed by atoms with Crippen LogP contribution in [0, 0.1) is 25.2 Å². The van der Waals surface area contributed by atoms with Gasteiger partial charge in [-0.25, -0.2) is 8.42 Å². The van der Waals surface area contributed by atoms with Gasteiger partial charge in [-0.1, -0.05) is 12.1 Å². The molecule has 1 saturated heterocycles. The van der Waals surface area contributed by atoms with Crippen molar-refractivity contribution >= 4 is 32.3 Å². The van der Waals surface area contributed by atoms with Crippen LogP contribution < -0.4 is 5.32 Å². The highest BCUT2D eigenvalue weighted by molar-refractivity contribution is 7.89. The zero-order valence-electron chi connectivity index (χ0n) is 18.5. The summed E-state index contributed by atoms with van der Waals surface area (Å²) >= 11 is 1.52. The van der Waals surface area contributed by atoms with Gasteiger partial charge in [-0.05, 0) is 62.3 Å². The van der Waals surface area contributed by atoms with E-state index in [-0.39, 0.29) is 12.5 Å². The summed E-state index contributed by atoms with van der Waals surface area (Å²) in [6.45, 7) is 5.55. The van der Waals surface area contributed by atoms with Gasteiger partial charge in [0.15, 0.2) is 0 Å².